The highest BCUT2D eigenvalue weighted by molar-refractivity contribution is 7.71. The van der Waals surface area contributed by atoms with Crippen LogP contribution in [-0.4, -0.2) is 37.3 Å². The Kier molecular flexibility index (Phi) is 6.62. The molecule has 0 bridgehead atoms. The molecule has 124 valence electrons. The first-order chi connectivity index (χ1) is 11.7. The van der Waals surface area contributed by atoms with Crippen LogP contribution in [0.25, 0.3) is 11.4 Å². The van der Waals surface area contributed by atoms with Gasteiger partial charge in [0.1, 0.15) is 0 Å². The summed E-state index contributed by atoms with van der Waals surface area (Å²) in [7, 11) is 0. The monoisotopic (exact) mass is 341 g/mol. The number of hydrogen-bond donors (Lipinski definition) is 0. The topological polar surface area (TPSA) is 86.5 Å². The molecular weight excluding hydrogens is 322 g/mol. The van der Waals surface area contributed by atoms with E-state index in [-0.39, 0.29) is 0 Å². The molecule has 0 radical (unpaired) electrons. The van der Waals surface area contributed by atoms with Gasteiger partial charge in [-0.05, 0) is 31.3 Å². The van der Waals surface area contributed by atoms with E-state index in [1.165, 1.54) is 0 Å². The van der Waals surface area contributed by atoms with Gasteiger partial charge in [-0.3, -0.25) is 9.88 Å². The first kappa shape index (κ1) is 17.8. The lowest BCUT2D eigenvalue weighted by Gasteiger charge is -2.19. The van der Waals surface area contributed by atoms with Crippen LogP contribution >= 0.6 is 12.2 Å². The lowest BCUT2D eigenvalue weighted by atomic mass is 10.2. The number of nitriles is 2. The van der Waals surface area contributed by atoms with Crippen molar-refractivity contribution in [3.63, 3.8) is 0 Å². The fourth-order valence-corrected chi connectivity index (χ4v) is 2.71. The largest absolute Gasteiger partial charge is 0.300 e. The predicted molar refractivity (Wildman–Crippen MR) is 92.0 cm³/mol. The summed E-state index contributed by atoms with van der Waals surface area (Å²) in [5.74, 6) is 0.797. The van der Waals surface area contributed by atoms with Gasteiger partial charge in [0, 0.05) is 50.4 Å². The van der Waals surface area contributed by atoms with Crippen molar-refractivity contribution in [1.82, 2.24) is 24.2 Å². The van der Waals surface area contributed by atoms with Crippen LogP contribution in [0.2, 0.25) is 0 Å². The van der Waals surface area contributed by atoms with Crippen molar-refractivity contribution in [2.45, 2.75) is 33.0 Å². The molecule has 0 atom stereocenters. The SMILES string of the molecule is CCn1c(-c2ccncc2)nn(CN(CCC#N)CCC#N)c1=S. The Balaban J connectivity index is 2.30. The first-order valence-electron chi connectivity index (χ1n) is 7.75. The highest BCUT2D eigenvalue weighted by atomic mass is 32.1. The maximum Gasteiger partial charge on any atom is 0.199 e. The molecule has 0 aliphatic carbocycles. The molecule has 0 aliphatic rings. The summed E-state index contributed by atoms with van der Waals surface area (Å²) >= 11 is 5.55. The molecule has 0 amide bonds. The Labute approximate surface area is 146 Å². The molecule has 0 saturated carbocycles. The van der Waals surface area contributed by atoms with Crippen molar-refractivity contribution in [1.29, 1.82) is 10.5 Å². The Hall–Kier alpha value is -2.55. The van der Waals surface area contributed by atoms with Crippen molar-refractivity contribution in [2.24, 2.45) is 0 Å². The third kappa shape index (κ3) is 4.25. The van der Waals surface area contributed by atoms with E-state index in [9.17, 15) is 0 Å². The molecule has 0 spiro atoms. The van der Waals surface area contributed by atoms with Crippen LogP contribution in [0.3, 0.4) is 0 Å². The lowest BCUT2D eigenvalue weighted by molar-refractivity contribution is 0.214. The van der Waals surface area contributed by atoms with Crippen molar-refractivity contribution < 1.29 is 0 Å². The molecule has 0 unspecified atom stereocenters. The van der Waals surface area contributed by atoms with Gasteiger partial charge in [-0.1, -0.05) is 0 Å². The standard InChI is InChI=1S/C16H19N7S/c1-2-22-15(14-5-9-19-10-6-14)20-23(16(22)24)13-21(11-3-7-17)12-4-8-18/h5-6,9-10H,2-4,11-13H2,1H3. The predicted octanol–water partition coefficient (Wildman–Crippen LogP) is 2.58. The number of pyridine rings is 1. The third-order valence-electron chi connectivity index (χ3n) is 3.59. The zero-order chi connectivity index (χ0) is 17.4. The van der Waals surface area contributed by atoms with Crippen LogP contribution < -0.4 is 0 Å². The second-order valence-corrected chi connectivity index (χ2v) is 5.53. The molecule has 0 aliphatic heterocycles. The van der Waals surface area contributed by atoms with Gasteiger partial charge in [-0.15, -0.1) is 0 Å². The Morgan fingerprint density at radius 2 is 1.79 bits per heavy atom. The summed E-state index contributed by atoms with van der Waals surface area (Å²) < 4.78 is 4.35. The third-order valence-corrected chi connectivity index (χ3v) is 4.02. The molecule has 2 aromatic heterocycles. The van der Waals surface area contributed by atoms with Gasteiger partial charge in [0.2, 0.25) is 0 Å². The molecule has 7 nitrogen and oxygen atoms in total. The van der Waals surface area contributed by atoms with E-state index in [0.29, 0.717) is 43.9 Å². The van der Waals surface area contributed by atoms with Gasteiger partial charge in [0.05, 0.1) is 18.8 Å². The van der Waals surface area contributed by atoms with E-state index in [1.54, 1.807) is 17.1 Å². The first-order valence-corrected chi connectivity index (χ1v) is 8.16. The van der Waals surface area contributed by atoms with E-state index in [1.807, 2.05) is 28.5 Å². The van der Waals surface area contributed by atoms with E-state index in [2.05, 4.69) is 22.2 Å². The number of aromatic nitrogens is 4. The highest BCUT2D eigenvalue weighted by Crippen LogP contribution is 2.17. The molecule has 24 heavy (non-hydrogen) atoms. The van der Waals surface area contributed by atoms with Gasteiger partial charge >= 0.3 is 0 Å². The van der Waals surface area contributed by atoms with Gasteiger partial charge in [0.25, 0.3) is 0 Å². The zero-order valence-electron chi connectivity index (χ0n) is 13.6. The van der Waals surface area contributed by atoms with Gasteiger partial charge in [0.15, 0.2) is 10.6 Å². The second-order valence-electron chi connectivity index (χ2n) is 5.16. The summed E-state index contributed by atoms with van der Waals surface area (Å²) in [4.78, 5) is 6.05. The minimum absolute atomic E-state index is 0.407. The van der Waals surface area contributed by atoms with Crippen molar-refractivity contribution in [3.05, 3.63) is 29.3 Å². The van der Waals surface area contributed by atoms with Crippen LogP contribution in [0, 0.1) is 27.4 Å². The Morgan fingerprint density at radius 1 is 1.17 bits per heavy atom. The normalized spacial score (nSPS) is 10.5. The minimum atomic E-state index is 0.407. The van der Waals surface area contributed by atoms with Crippen LogP contribution in [0.4, 0.5) is 0 Å². The van der Waals surface area contributed by atoms with E-state index < -0.39 is 0 Å². The quantitative estimate of drug-likeness (QED) is 0.686. The van der Waals surface area contributed by atoms with E-state index >= 15 is 0 Å². The smallest absolute Gasteiger partial charge is 0.199 e. The van der Waals surface area contributed by atoms with Gasteiger partial charge < -0.3 is 4.57 Å². The van der Waals surface area contributed by atoms with Crippen LogP contribution in [0.1, 0.15) is 19.8 Å². The molecule has 0 aromatic carbocycles. The van der Waals surface area contributed by atoms with Crippen LogP contribution in [0.5, 0.6) is 0 Å². The minimum Gasteiger partial charge on any atom is -0.300 e. The summed E-state index contributed by atoms with van der Waals surface area (Å²) in [6, 6.07) is 8.07. The highest BCUT2D eigenvalue weighted by Gasteiger charge is 2.14. The molecule has 2 rings (SSSR count). The average Bonchev–Trinajstić information content (AvgIpc) is 2.93. The summed E-state index contributed by atoms with van der Waals surface area (Å²) in [5.41, 5.74) is 0.956. The lowest BCUT2D eigenvalue weighted by Crippen LogP contribution is -2.29. The fourth-order valence-electron chi connectivity index (χ4n) is 2.39. The maximum atomic E-state index is 8.80. The number of nitrogens with zero attached hydrogens (tertiary/aromatic N) is 7. The summed E-state index contributed by atoms with van der Waals surface area (Å²) in [5, 5.41) is 22.2. The number of hydrogen-bond acceptors (Lipinski definition) is 6. The summed E-state index contributed by atoms with van der Waals surface area (Å²) in [6.45, 7) is 4.38. The van der Waals surface area contributed by atoms with Crippen LogP contribution in [-0.2, 0) is 13.2 Å². The number of rotatable bonds is 8. The molecular formula is C16H19N7S. The molecule has 2 heterocycles. The molecule has 8 heteroatoms. The molecule has 2 aromatic rings. The molecule has 0 N–H and O–H groups in total. The Morgan fingerprint density at radius 3 is 2.33 bits per heavy atom. The molecule has 0 fully saturated rings. The van der Waals surface area contributed by atoms with Gasteiger partial charge in [-0.2, -0.15) is 15.6 Å². The van der Waals surface area contributed by atoms with Crippen molar-refractivity contribution in [3.8, 4) is 23.5 Å². The second kappa shape index (κ2) is 8.92. The molecule has 0 saturated heterocycles. The zero-order valence-corrected chi connectivity index (χ0v) is 14.4. The van der Waals surface area contributed by atoms with Crippen molar-refractivity contribution in [2.75, 3.05) is 13.1 Å². The summed E-state index contributed by atoms with van der Waals surface area (Å²) in [6.07, 6.45) is 4.27. The van der Waals surface area contributed by atoms with E-state index in [0.717, 1.165) is 11.4 Å². The van der Waals surface area contributed by atoms with Crippen LogP contribution in [0.15, 0.2) is 24.5 Å². The fraction of sp³-hybridized carbons (Fsp3) is 0.438. The van der Waals surface area contributed by atoms with E-state index in [4.69, 9.17) is 22.7 Å². The van der Waals surface area contributed by atoms with Gasteiger partial charge in [-0.25, -0.2) is 4.68 Å². The average molecular weight is 341 g/mol. The maximum absolute atomic E-state index is 8.80. The van der Waals surface area contributed by atoms with Crippen molar-refractivity contribution >= 4 is 12.2 Å². The Bertz CT molecular complexity index is 777.